The van der Waals surface area contributed by atoms with E-state index in [4.69, 9.17) is 14.2 Å². The van der Waals surface area contributed by atoms with E-state index in [-0.39, 0.29) is 17.4 Å². The summed E-state index contributed by atoms with van der Waals surface area (Å²) in [6, 6.07) is 21.5. The Morgan fingerprint density at radius 2 is 1.73 bits per heavy atom. The summed E-state index contributed by atoms with van der Waals surface area (Å²) >= 11 is 0. The summed E-state index contributed by atoms with van der Waals surface area (Å²) in [4.78, 5) is 30.9. The van der Waals surface area contributed by atoms with Crippen molar-refractivity contribution in [3.63, 3.8) is 0 Å². The highest BCUT2D eigenvalue weighted by Crippen LogP contribution is 2.41. The first-order chi connectivity index (χ1) is 20.0. The molecular weight excluding hydrogens is 520 g/mol. The molecule has 3 aromatic rings. The second kappa shape index (κ2) is 11.8. The molecule has 0 radical (unpaired) electrons. The summed E-state index contributed by atoms with van der Waals surface area (Å²) in [6.07, 6.45) is 1.46. The molecule has 6 rings (SSSR count). The van der Waals surface area contributed by atoms with Crippen LogP contribution in [0.4, 0.5) is 0 Å². The number of rotatable bonds is 8. The van der Waals surface area contributed by atoms with Gasteiger partial charge in [-0.1, -0.05) is 30.3 Å². The minimum Gasteiger partial charge on any atom is -0.507 e. The van der Waals surface area contributed by atoms with Gasteiger partial charge in [-0.2, -0.15) is 0 Å². The molecule has 8 heteroatoms. The molecule has 8 nitrogen and oxygen atoms in total. The topological polar surface area (TPSA) is 88.5 Å². The molecule has 3 aliphatic rings. The van der Waals surface area contributed by atoms with Crippen LogP contribution in [-0.4, -0.2) is 72.1 Å². The van der Waals surface area contributed by atoms with Crippen molar-refractivity contribution >= 4 is 17.4 Å². The zero-order valence-electron chi connectivity index (χ0n) is 23.1. The number of aliphatic hydroxyl groups excluding tert-OH is 1. The molecule has 0 saturated carbocycles. The highest BCUT2D eigenvalue weighted by atomic mass is 16.5. The molecule has 1 N–H and O–H groups in total. The second-order valence-electron chi connectivity index (χ2n) is 10.7. The van der Waals surface area contributed by atoms with Gasteiger partial charge >= 0.3 is 0 Å². The van der Waals surface area contributed by atoms with Gasteiger partial charge in [0.15, 0.2) is 0 Å². The van der Waals surface area contributed by atoms with Crippen LogP contribution < -0.4 is 9.47 Å². The average molecular weight is 555 g/mol. The monoisotopic (exact) mass is 554 g/mol. The highest BCUT2D eigenvalue weighted by Gasteiger charge is 2.46. The lowest BCUT2D eigenvalue weighted by atomic mass is 9.94. The second-order valence-corrected chi connectivity index (χ2v) is 10.7. The van der Waals surface area contributed by atoms with Crippen molar-refractivity contribution in [2.24, 2.45) is 0 Å². The number of carbonyl (C=O) groups is 2. The first-order valence-electron chi connectivity index (χ1n) is 14.2. The number of benzene rings is 3. The Bertz CT molecular complexity index is 1460. The summed E-state index contributed by atoms with van der Waals surface area (Å²) in [5.41, 5.74) is 2.25. The van der Waals surface area contributed by atoms with Crippen molar-refractivity contribution in [3.05, 3.63) is 95.1 Å². The number of hydrogen-bond acceptors (Lipinski definition) is 7. The molecule has 41 heavy (non-hydrogen) atoms. The Hall–Kier alpha value is -4.14. The molecule has 2 fully saturated rings. The Kier molecular flexibility index (Phi) is 7.76. The Morgan fingerprint density at radius 3 is 2.54 bits per heavy atom. The number of para-hydroxylation sites is 1. The summed E-state index contributed by atoms with van der Waals surface area (Å²) in [5, 5.41) is 11.6. The van der Waals surface area contributed by atoms with Crippen molar-refractivity contribution in [3.8, 4) is 17.2 Å². The van der Waals surface area contributed by atoms with Crippen molar-refractivity contribution < 1.29 is 28.9 Å². The minimum absolute atomic E-state index is 0.0480. The molecule has 2 unspecified atom stereocenters. The molecule has 3 heterocycles. The van der Waals surface area contributed by atoms with Gasteiger partial charge in [0.1, 0.15) is 29.1 Å². The van der Waals surface area contributed by atoms with Crippen LogP contribution in [0.1, 0.15) is 36.1 Å². The number of Topliss-reactive ketones (excluding diaryl/α,β-unsaturated/α-hetero) is 1. The van der Waals surface area contributed by atoms with Crippen LogP contribution >= 0.6 is 0 Å². The predicted octanol–water partition coefficient (Wildman–Crippen LogP) is 4.95. The highest BCUT2D eigenvalue weighted by molar-refractivity contribution is 6.46. The number of ether oxygens (including phenoxy) is 3. The molecule has 0 spiro atoms. The maximum Gasteiger partial charge on any atom is 0.295 e. The minimum atomic E-state index is -0.748. The van der Waals surface area contributed by atoms with Gasteiger partial charge in [0.2, 0.25) is 0 Å². The third kappa shape index (κ3) is 5.71. The maximum atomic E-state index is 13.5. The predicted molar refractivity (Wildman–Crippen MR) is 154 cm³/mol. The van der Waals surface area contributed by atoms with Crippen LogP contribution in [-0.2, 0) is 20.7 Å². The normalized spacial score (nSPS) is 22.0. The van der Waals surface area contributed by atoms with Crippen molar-refractivity contribution in [2.75, 3.05) is 39.4 Å². The van der Waals surface area contributed by atoms with Crippen LogP contribution in [0.5, 0.6) is 17.2 Å². The lowest BCUT2D eigenvalue weighted by Gasteiger charge is -2.29. The number of likely N-dealkylation sites (tertiary alicyclic amines) is 1. The fourth-order valence-corrected chi connectivity index (χ4v) is 5.84. The fraction of sp³-hybridized carbons (Fsp3) is 0.333. The molecule has 2 atom stereocenters. The smallest absolute Gasteiger partial charge is 0.295 e. The van der Waals surface area contributed by atoms with Crippen LogP contribution in [0.25, 0.3) is 5.76 Å². The van der Waals surface area contributed by atoms with E-state index >= 15 is 0 Å². The standard InChI is InChI=1S/C33H34N2O6/c1-22-19-25-20-24(11-12-28(25)40-22)31(36)29-30(23-7-5-10-27(21-23)41-26-8-3-2-4-9-26)35(33(38)32(29)37)14-6-13-34-15-17-39-18-16-34/h2-5,7-12,20-22,30,36H,6,13-19H2,1H3. The van der Waals surface area contributed by atoms with E-state index in [9.17, 15) is 14.7 Å². The first kappa shape index (κ1) is 27.1. The van der Waals surface area contributed by atoms with E-state index in [1.807, 2.05) is 73.7 Å². The Balaban J connectivity index is 1.35. The molecule has 2 saturated heterocycles. The van der Waals surface area contributed by atoms with Crippen molar-refractivity contribution in [2.45, 2.75) is 31.9 Å². The Morgan fingerprint density at radius 1 is 0.951 bits per heavy atom. The Labute approximate surface area is 239 Å². The van der Waals surface area contributed by atoms with Gasteiger partial charge in [-0.15, -0.1) is 0 Å². The van der Waals surface area contributed by atoms with Gasteiger partial charge in [-0.3, -0.25) is 14.5 Å². The summed E-state index contributed by atoms with van der Waals surface area (Å²) in [5.74, 6) is 0.570. The lowest BCUT2D eigenvalue weighted by molar-refractivity contribution is -0.140. The largest absolute Gasteiger partial charge is 0.507 e. The quantitative estimate of drug-likeness (QED) is 0.240. The third-order valence-corrected chi connectivity index (χ3v) is 7.84. The zero-order chi connectivity index (χ0) is 28.3. The van der Waals surface area contributed by atoms with Crippen LogP contribution in [0.2, 0.25) is 0 Å². The SMILES string of the molecule is CC1Cc2cc(C(O)=C3C(=O)C(=O)N(CCCN4CCOCC4)C3c3cccc(Oc4ccccc4)c3)ccc2O1. The fourth-order valence-electron chi connectivity index (χ4n) is 5.84. The maximum absolute atomic E-state index is 13.5. The van der Waals surface area contributed by atoms with Crippen molar-refractivity contribution in [1.29, 1.82) is 0 Å². The van der Waals surface area contributed by atoms with E-state index < -0.39 is 17.7 Å². The van der Waals surface area contributed by atoms with Crippen molar-refractivity contribution in [1.82, 2.24) is 9.80 Å². The van der Waals surface area contributed by atoms with Gasteiger partial charge in [-0.05, 0) is 66.9 Å². The van der Waals surface area contributed by atoms with E-state index in [1.165, 1.54) is 0 Å². The summed E-state index contributed by atoms with van der Waals surface area (Å²) in [6.45, 7) is 6.25. The number of carbonyl (C=O) groups excluding carboxylic acids is 2. The van der Waals surface area contributed by atoms with E-state index in [0.29, 0.717) is 55.2 Å². The number of hydrogen-bond donors (Lipinski definition) is 1. The summed E-state index contributed by atoms with van der Waals surface area (Å²) < 4.78 is 17.3. The van der Waals surface area contributed by atoms with Crippen LogP contribution in [0, 0.1) is 0 Å². The van der Waals surface area contributed by atoms with E-state index in [2.05, 4.69) is 4.90 Å². The van der Waals surface area contributed by atoms with Gasteiger partial charge < -0.3 is 24.2 Å². The number of amides is 1. The summed E-state index contributed by atoms with van der Waals surface area (Å²) in [7, 11) is 0. The number of morpholine rings is 1. The molecule has 3 aromatic carbocycles. The van der Waals surface area contributed by atoms with E-state index in [0.717, 1.165) is 30.9 Å². The zero-order valence-corrected chi connectivity index (χ0v) is 23.1. The molecule has 0 aliphatic carbocycles. The number of fused-ring (bicyclic) bond motifs is 1. The van der Waals surface area contributed by atoms with Gasteiger partial charge in [0.05, 0.1) is 24.8 Å². The third-order valence-electron chi connectivity index (χ3n) is 7.84. The molecular formula is C33H34N2O6. The van der Waals surface area contributed by atoms with Gasteiger partial charge in [0.25, 0.3) is 11.7 Å². The first-order valence-corrected chi connectivity index (χ1v) is 14.2. The average Bonchev–Trinajstić information content (AvgIpc) is 3.49. The number of ketones is 1. The van der Waals surface area contributed by atoms with Gasteiger partial charge in [-0.25, -0.2) is 0 Å². The van der Waals surface area contributed by atoms with Crippen LogP contribution in [0.15, 0.2) is 78.4 Å². The molecule has 1 amide bonds. The molecule has 0 bridgehead atoms. The molecule has 3 aliphatic heterocycles. The number of aliphatic hydroxyl groups is 1. The molecule has 0 aromatic heterocycles. The number of nitrogens with zero attached hydrogens (tertiary/aromatic N) is 2. The van der Waals surface area contributed by atoms with Gasteiger partial charge in [0, 0.05) is 38.2 Å². The van der Waals surface area contributed by atoms with Crippen LogP contribution in [0.3, 0.4) is 0 Å². The van der Waals surface area contributed by atoms with E-state index in [1.54, 1.807) is 11.0 Å². The molecule has 212 valence electrons. The lowest BCUT2D eigenvalue weighted by Crippen LogP contribution is -2.38.